The largest absolute Gasteiger partial charge is 0.293 e. The van der Waals surface area contributed by atoms with Gasteiger partial charge in [0.05, 0.1) is 15.8 Å². The van der Waals surface area contributed by atoms with E-state index in [0.717, 1.165) is 5.56 Å². The van der Waals surface area contributed by atoms with E-state index in [-0.39, 0.29) is 21.6 Å². The number of Topliss-reactive ketones (excluding diaryl/α,β-unsaturated/α-hetero) is 1. The number of benzene rings is 2. The summed E-state index contributed by atoms with van der Waals surface area (Å²) in [4.78, 5) is 16.4. The molecular formula is C17H12Cl2FN3OS. The fraction of sp³-hybridized carbons (Fsp3) is 0.118. The Labute approximate surface area is 157 Å². The lowest BCUT2D eigenvalue weighted by atomic mass is 10.1. The first kappa shape index (κ1) is 17.9. The van der Waals surface area contributed by atoms with Gasteiger partial charge in [-0.3, -0.25) is 9.89 Å². The number of thioether (sulfide) groups is 1. The first-order chi connectivity index (χ1) is 11.9. The van der Waals surface area contributed by atoms with Crippen molar-refractivity contribution in [1.29, 1.82) is 0 Å². The Morgan fingerprint density at radius 3 is 2.64 bits per heavy atom. The SMILES string of the molecule is Cc1ccc(C(=O)CSc2n[nH]c(-c3cc(F)c(Cl)cc3Cl)n2)cc1. The molecule has 0 aliphatic rings. The van der Waals surface area contributed by atoms with Crippen LogP contribution in [0.2, 0.25) is 10.0 Å². The van der Waals surface area contributed by atoms with Gasteiger partial charge in [-0.15, -0.1) is 5.10 Å². The molecule has 0 radical (unpaired) electrons. The summed E-state index contributed by atoms with van der Waals surface area (Å²) < 4.78 is 13.6. The van der Waals surface area contributed by atoms with Crippen LogP contribution < -0.4 is 0 Å². The number of carbonyl (C=O) groups excluding carboxylic acids is 1. The second-order valence-corrected chi connectivity index (χ2v) is 7.05. The molecule has 25 heavy (non-hydrogen) atoms. The number of hydrogen-bond acceptors (Lipinski definition) is 4. The predicted molar refractivity (Wildman–Crippen MR) is 98.0 cm³/mol. The zero-order valence-corrected chi connectivity index (χ0v) is 15.3. The number of carbonyl (C=O) groups is 1. The van der Waals surface area contributed by atoms with E-state index in [1.807, 2.05) is 19.1 Å². The Kier molecular flexibility index (Phi) is 5.42. The van der Waals surface area contributed by atoms with Crippen molar-refractivity contribution in [3.8, 4) is 11.4 Å². The number of aromatic nitrogens is 3. The standard InChI is InChI=1S/C17H12Cl2FN3OS/c1-9-2-4-10(5-3-9)15(24)8-25-17-21-16(22-23-17)11-6-14(20)13(19)7-12(11)18/h2-7H,8H2,1H3,(H,21,22,23). The molecule has 0 fully saturated rings. The van der Waals surface area contributed by atoms with E-state index in [2.05, 4.69) is 15.2 Å². The van der Waals surface area contributed by atoms with Gasteiger partial charge in [-0.25, -0.2) is 9.37 Å². The summed E-state index contributed by atoms with van der Waals surface area (Å²) in [6.07, 6.45) is 0. The topological polar surface area (TPSA) is 58.6 Å². The van der Waals surface area contributed by atoms with Crippen LogP contribution in [-0.2, 0) is 0 Å². The maximum absolute atomic E-state index is 13.6. The minimum absolute atomic E-state index is 0.0214. The Hall–Kier alpha value is -1.89. The smallest absolute Gasteiger partial charge is 0.209 e. The number of nitrogens with one attached hydrogen (secondary N) is 1. The monoisotopic (exact) mass is 395 g/mol. The molecule has 0 bridgehead atoms. The molecule has 0 atom stereocenters. The van der Waals surface area contributed by atoms with E-state index in [4.69, 9.17) is 23.2 Å². The molecule has 128 valence electrons. The Bertz CT molecular complexity index is 928. The van der Waals surface area contributed by atoms with Gasteiger partial charge in [-0.1, -0.05) is 64.8 Å². The average Bonchev–Trinajstić information content (AvgIpc) is 3.05. The number of aromatic amines is 1. The third-order valence-electron chi connectivity index (χ3n) is 3.44. The lowest BCUT2D eigenvalue weighted by Gasteiger charge is -2.02. The van der Waals surface area contributed by atoms with Crippen LogP contribution in [0.5, 0.6) is 0 Å². The third kappa shape index (κ3) is 4.21. The average molecular weight is 396 g/mol. The number of nitrogens with zero attached hydrogens (tertiary/aromatic N) is 2. The molecule has 8 heteroatoms. The first-order valence-corrected chi connectivity index (χ1v) is 8.98. The molecule has 1 aromatic heterocycles. The predicted octanol–water partition coefficient (Wildman–Crippen LogP) is 5.20. The van der Waals surface area contributed by atoms with E-state index in [1.54, 1.807) is 12.1 Å². The van der Waals surface area contributed by atoms with Crippen molar-refractivity contribution >= 4 is 40.7 Å². The number of H-pyrrole nitrogens is 1. The summed E-state index contributed by atoms with van der Waals surface area (Å²) in [6, 6.07) is 9.86. The first-order valence-electron chi connectivity index (χ1n) is 7.24. The van der Waals surface area contributed by atoms with Crippen LogP contribution in [0.4, 0.5) is 4.39 Å². The van der Waals surface area contributed by atoms with Gasteiger partial charge in [0.25, 0.3) is 0 Å². The quantitative estimate of drug-likeness (QED) is 0.366. The molecule has 3 rings (SSSR count). The molecule has 2 aromatic carbocycles. The van der Waals surface area contributed by atoms with Gasteiger partial charge in [0.2, 0.25) is 5.16 Å². The highest BCUT2D eigenvalue weighted by atomic mass is 35.5. The van der Waals surface area contributed by atoms with Crippen molar-refractivity contribution in [3.63, 3.8) is 0 Å². The van der Waals surface area contributed by atoms with Crippen molar-refractivity contribution in [2.24, 2.45) is 0 Å². The minimum atomic E-state index is -0.596. The number of hydrogen-bond donors (Lipinski definition) is 1. The zero-order chi connectivity index (χ0) is 18.0. The highest BCUT2D eigenvalue weighted by Gasteiger charge is 2.14. The van der Waals surface area contributed by atoms with Gasteiger partial charge in [0.15, 0.2) is 11.6 Å². The summed E-state index contributed by atoms with van der Waals surface area (Å²) in [5.74, 6) is -0.109. The van der Waals surface area contributed by atoms with Crippen molar-refractivity contribution in [1.82, 2.24) is 15.2 Å². The van der Waals surface area contributed by atoms with Crippen molar-refractivity contribution in [2.45, 2.75) is 12.1 Å². The molecule has 0 spiro atoms. The highest BCUT2D eigenvalue weighted by molar-refractivity contribution is 7.99. The molecule has 0 saturated carbocycles. The highest BCUT2D eigenvalue weighted by Crippen LogP contribution is 2.31. The number of aryl methyl sites for hydroxylation is 1. The molecule has 3 aromatic rings. The lowest BCUT2D eigenvalue weighted by Crippen LogP contribution is -2.02. The summed E-state index contributed by atoms with van der Waals surface area (Å²) >= 11 is 12.9. The summed E-state index contributed by atoms with van der Waals surface area (Å²) in [5, 5.41) is 7.29. The van der Waals surface area contributed by atoms with E-state index in [9.17, 15) is 9.18 Å². The van der Waals surface area contributed by atoms with Crippen molar-refractivity contribution < 1.29 is 9.18 Å². The van der Waals surface area contributed by atoms with Crippen LogP contribution in [-0.4, -0.2) is 26.7 Å². The summed E-state index contributed by atoms with van der Waals surface area (Å²) in [5.41, 5.74) is 2.08. The van der Waals surface area contributed by atoms with Crippen LogP contribution in [0, 0.1) is 12.7 Å². The molecule has 0 saturated heterocycles. The van der Waals surface area contributed by atoms with Crippen molar-refractivity contribution in [3.05, 3.63) is 63.4 Å². The molecular weight excluding hydrogens is 384 g/mol. The Morgan fingerprint density at radius 2 is 1.92 bits per heavy atom. The van der Waals surface area contributed by atoms with E-state index in [0.29, 0.717) is 22.1 Å². The lowest BCUT2D eigenvalue weighted by molar-refractivity contribution is 0.102. The molecule has 0 aliphatic carbocycles. The molecule has 4 nitrogen and oxygen atoms in total. The fourth-order valence-electron chi connectivity index (χ4n) is 2.09. The second kappa shape index (κ2) is 7.56. The van der Waals surface area contributed by atoms with Crippen LogP contribution in [0.15, 0.2) is 41.6 Å². The van der Waals surface area contributed by atoms with Gasteiger partial charge in [0.1, 0.15) is 5.82 Å². The number of ketones is 1. The molecule has 0 unspecified atom stereocenters. The Morgan fingerprint density at radius 1 is 1.20 bits per heavy atom. The van der Waals surface area contributed by atoms with E-state index >= 15 is 0 Å². The number of rotatable bonds is 5. The second-order valence-electron chi connectivity index (χ2n) is 5.29. The van der Waals surface area contributed by atoms with Crippen LogP contribution >= 0.6 is 35.0 Å². The van der Waals surface area contributed by atoms with Gasteiger partial charge >= 0.3 is 0 Å². The van der Waals surface area contributed by atoms with Gasteiger partial charge in [-0.05, 0) is 19.1 Å². The van der Waals surface area contributed by atoms with Crippen LogP contribution in [0.3, 0.4) is 0 Å². The van der Waals surface area contributed by atoms with Crippen LogP contribution in [0.25, 0.3) is 11.4 Å². The van der Waals surface area contributed by atoms with E-state index in [1.165, 1.54) is 23.9 Å². The normalized spacial score (nSPS) is 10.9. The maximum Gasteiger partial charge on any atom is 0.209 e. The van der Waals surface area contributed by atoms with Crippen LogP contribution in [0.1, 0.15) is 15.9 Å². The van der Waals surface area contributed by atoms with Crippen molar-refractivity contribution in [2.75, 3.05) is 5.75 Å². The van der Waals surface area contributed by atoms with Gasteiger partial charge in [-0.2, -0.15) is 0 Å². The number of halogens is 3. The molecule has 0 amide bonds. The summed E-state index contributed by atoms with van der Waals surface area (Å²) in [6.45, 7) is 1.96. The Balaban J connectivity index is 1.71. The zero-order valence-electron chi connectivity index (χ0n) is 13.0. The maximum atomic E-state index is 13.6. The molecule has 1 N–H and O–H groups in total. The molecule has 1 heterocycles. The minimum Gasteiger partial charge on any atom is -0.293 e. The molecule has 0 aliphatic heterocycles. The van der Waals surface area contributed by atoms with Gasteiger partial charge in [0, 0.05) is 11.1 Å². The fourth-order valence-corrected chi connectivity index (χ4v) is 3.25. The van der Waals surface area contributed by atoms with Gasteiger partial charge < -0.3 is 0 Å². The van der Waals surface area contributed by atoms with E-state index < -0.39 is 5.82 Å². The third-order valence-corrected chi connectivity index (χ3v) is 4.89. The summed E-state index contributed by atoms with van der Waals surface area (Å²) in [7, 11) is 0.